The third-order valence-corrected chi connectivity index (χ3v) is 3.04. The van der Waals surface area contributed by atoms with Crippen molar-refractivity contribution >= 4 is 23.6 Å². The van der Waals surface area contributed by atoms with Crippen molar-refractivity contribution in [3.63, 3.8) is 0 Å². The minimum absolute atomic E-state index is 0.000649. The molecule has 8 heteroatoms. The maximum Gasteiger partial charge on any atom is 0.328 e. The second kappa shape index (κ2) is 12.2. The van der Waals surface area contributed by atoms with Gasteiger partial charge in [-0.15, -0.1) is 0 Å². The molecule has 0 saturated heterocycles. The van der Waals surface area contributed by atoms with Crippen molar-refractivity contribution < 1.29 is 28.7 Å². The Hall–Kier alpha value is -2.22. The van der Waals surface area contributed by atoms with E-state index in [2.05, 4.69) is 17.2 Å². The van der Waals surface area contributed by atoms with Gasteiger partial charge in [-0.25, -0.2) is 4.79 Å². The molecule has 0 radical (unpaired) electrons. The average molecular weight is 342 g/mol. The van der Waals surface area contributed by atoms with Gasteiger partial charge in [-0.2, -0.15) is 0 Å². The second-order valence-electron chi connectivity index (χ2n) is 5.15. The van der Waals surface area contributed by atoms with Crippen LogP contribution in [0.2, 0.25) is 0 Å². The quantitative estimate of drug-likeness (QED) is 0.385. The zero-order valence-corrected chi connectivity index (χ0v) is 14.4. The van der Waals surface area contributed by atoms with Gasteiger partial charge in [0.05, 0.1) is 6.61 Å². The Balaban J connectivity index is 4.94. The molecule has 0 saturated carbocycles. The van der Waals surface area contributed by atoms with E-state index < -0.39 is 24.0 Å². The molecule has 136 valence electrons. The SMILES string of the molecule is C=CCOC(=O)C(CCC(C)=O)NC(=O)C(COC)NC(=O)CC. The third-order valence-electron chi connectivity index (χ3n) is 3.04. The Bertz CT molecular complexity index is 463. The van der Waals surface area contributed by atoms with Crippen molar-refractivity contribution in [3.8, 4) is 0 Å². The second-order valence-corrected chi connectivity index (χ2v) is 5.15. The molecule has 0 rings (SSSR count). The van der Waals surface area contributed by atoms with Crippen LogP contribution in [0.3, 0.4) is 0 Å². The highest BCUT2D eigenvalue weighted by molar-refractivity contribution is 5.91. The van der Waals surface area contributed by atoms with E-state index in [4.69, 9.17) is 9.47 Å². The van der Waals surface area contributed by atoms with Crippen molar-refractivity contribution in [1.29, 1.82) is 0 Å². The predicted molar refractivity (Wildman–Crippen MR) is 87.1 cm³/mol. The van der Waals surface area contributed by atoms with Crippen LogP contribution >= 0.6 is 0 Å². The molecule has 0 heterocycles. The lowest BCUT2D eigenvalue weighted by atomic mass is 10.1. The van der Waals surface area contributed by atoms with Gasteiger partial charge in [0.25, 0.3) is 0 Å². The fourth-order valence-corrected chi connectivity index (χ4v) is 1.76. The summed E-state index contributed by atoms with van der Waals surface area (Å²) in [5.41, 5.74) is 0. The highest BCUT2D eigenvalue weighted by Crippen LogP contribution is 2.03. The molecule has 0 spiro atoms. The summed E-state index contributed by atoms with van der Waals surface area (Å²) in [6.07, 6.45) is 1.84. The molecule has 2 N–H and O–H groups in total. The van der Waals surface area contributed by atoms with Crippen molar-refractivity contribution in [1.82, 2.24) is 10.6 Å². The molecule has 2 amide bonds. The van der Waals surface area contributed by atoms with E-state index in [1.54, 1.807) is 6.92 Å². The lowest BCUT2D eigenvalue weighted by molar-refractivity contribution is -0.147. The number of carbonyl (C=O) groups excluding carboxylic acids is 4. The van der Waals surface area contributed by atoms with Gasteiger partial charge < -0.3 is 24.9 Å². The zero-order chi connectivity index (χ0) is 18.5. The lowest BCUT2D eigenvalue weighted by Crippen LogP contribution is -2.53. The first-order valence-corrected chi connectivity index (χ1v) is 7.71. The van der Waals surface area contributed by atoms with Gasteiger partial charge in [-0.1, -0.05) is 19.6 Å². The maximum atomic E-state index is 12.3. The topological polar surface area (TPSA) is 111 Å². The van der Waals surface area contributed by atoms with Crippen LogP contribution in [0.5, 0.6) is 0 Å². The number of ketones is 1. The smallest absolute Gasteiger partial charge is 0.328 e. The number of hydrogen-bond donors (Lipinski definition) is 2. The van der Waals surface area contributed by atoms with Crippen LogP contribution in [0.4, 0.5) is 0 Å². The molecule has 0 aliphatic carbocycles. The van der Waals surface area contributed by atoms with Crippen LogP contribution in [-0.4, -0.2) is 56.0 Å². The highest BCUT2D eigenvalue weighted by atomic mass is 16.5. The van der Waals surface area contributed by atoms with Crippen molar-refractivity contribution in [2.75, 3.05) is 20.3 Å². The zero-order valence-electron chi connectivity index (χ0n) is 14.4. The largest absolute Gasteiger partial charge is 0.460 e. The first kappa shape index (κ1) is 21.8. The third kappa shape index (κ3) is 9.04. The molecule has 0 fully saturated rings. The summed E-state index contributed by atoms with van der Waals surface area (Å²) in [4.78, 5) is 46.9. The molecule has 0 bridgehead atoms. The first-order chi connectivity index (χ1) is 11.3. The number of amides is 2. The van der Waals surface area contributed by atoms with Crippen LogP contribution in [0, 0.1) is 0 Å². The minimum Gasteiger partial charge on any atom is -0.460 e. The lowest BCUT2D eigenvalue weighted by Gasteiger charge is -2.21. The number of methoxy groups -OCH3 is 1. The van der Waals surface area contributed by atoms with E-state index in [-0.39, 0.29) is 44.2 Å². The Kier molecular flexibility index (Phi) is 11.1. The summed E-state index contributed by atoms with van der Waals surface area (Å²) < 4.78 is 9.84. The monoisotopic (exact) mass is 342 g/mol. The number of esters is 1. The van der Waals surface area contributed by atoms with Crippen LogP contribution in [0.1, 0.15) is 33.1 Å². The standard InChI is InChI=1S/C16H26N2O6/c1-5-9-24-16(22)12(8-7-11(3)19)18-15(21)13(10-23-4)17-14(20)6-2/h5,12-13H,1,6-10H2,2-4H3,(H,17,20)(H,18,21). The fourth-order valence-electron chi connectivity index (χ4n) is 1.76. The summed E-state index contributed by atoms with van der Waals surface area (Å²) in [5.74, 6) is -1.68. The number of Topliss-reactive ketones (excluding diaryl/α,β-unsaturated/α-hetero) is 1. The summed E-state index contributed by atoms with van der Waals surface area (Å²) in [7, 11) is 1.39. The number of hydrogen-bond acceptors (Lipinski definition) is 6. The van der Waals surface area contributed by atoms with Gasteiger partial charge >= 0.3 is 5.97 Å². The molecule has 0 aliphatic rings. The molecule has 0 aromatic heterocycles. The highest BCUT2D eigenvalue weighted by Gasteiger charge is 2.27. The average Bonchev–Trinajstić information content (AvgIpc) is 2.55. The molecular formula is C16H26N2O6. The molecule has 8 nitrogen and oxygen atoms in total. The Labute approximate surface area is 141 Å². The molecule has 24 heavy (non-hydrogen) atoms. The van der Waals surface area contributed by atoms with Gasteiger partial charge in [-0.05, 0) is 13.3 Å². The Morgan fingerprint density at radius 2 is 1.83 bits per heavy atom. The Morgan fingerprint density at radius 1 is 1.17 bits per heavy atom. The van der Waals surface area contributed by atoms with Gasteiger partial charge in [0.1, 0.15) is 24.5 Å². The van der Waals surface area contributed by atoms with Crippen molar-refractivity contribution in [2.45, 2.75) is 45.2 Å². The van der Waals surface area contributed by atoms with Crippen LogP contribution < -0.4 is 10.6 Å². The normalized spacial score (nSPS) is 12.6. The molecule has 0 aromatic carbocycles. The van der Waals surface area contributed by atoms with Crippen LogP contribution in [0.25, 0.3) is 0 Å². The summed E-state index contributed by atoms with van der Waals surface area (Å²) in [6.45, 7) is 6.44. The van der Waals surface area contributed by atoms with Crippen molar-refractivity contribution in [3.05, 3.63) is 12.7 Å². The van der Waals surface area contributed by atoms with Crippen LogP contribution in [-0.2, 0) is 28.7 Å². The van der Waals surface area contributed by atoms with Gasteiger partial charge in [0.15, 0.2) is 0 Å². The predicted octanol–water partition coefficient (Wildman–Crippen LogP) is 0.111. The van der Waals surface area contributed by atoms with Gasteiger partial charge in [-0.3, -0.25) is 9.59 Å². The van der Waals surface area contributed by atoms with Crippen LogP contribution in [0.15, 0.2) is 12.7 Å². The fraction of sp³-hybridized carbons (Fsp3) is 0.625. The van der Waals surface area contributed by atoms with Gasteiger partial charge in [0.2, 0.25) is 11.8 Å². The maximum absolute atomic E-state index is 12.3. The Morgan fingerprint density at radius 3 is 2.33 bits per heavy atom. The molecule has 2 unspecified atom stereocenters. The van der Waals surface area contributed by atoms with E-state index in [1.165, 1.54) is 20.1 Å². The minimum atomic E-state index is -0.987. The first-order valence-electron chi connectivity index (χ1n) is 7.71. The summed E-state index contributed by atoms with van der Waals surface area (Å²) in [6, 6.07) is -1.92. The van der Waals surface area contributed by atoms with Gasteiger partial charge in [0, 0.05) is 20.0 Å². The number of nitrogens with one attached hydrogen (secondary N) is 2. The summed E-state index contributed by atoms with van der Waals surface area (Å²) in [5, 5.41) is 5.01. The van der Waals surface area contributed by atoms with Crippen molar-refractivity contribution in [2.24, 2.45) is 0 Å². The number of rotatable bonds is 12. The van der Waals surface area contributed by atoms with E-state index in [1.807, 2.05) is 0 Å². The molecular weight excluding hydrogens is 316 g/mol. The number of ether oxygens (including phenoxy) is 2. The number of carbonyl (C=O) groups is 4. The molecule has 2 atom stereocenters. The van der Waals surface area contributed by atoms with E-state index >= 15 is 0 Å². The molecule has 0 aliphatic heterocycles. The van der Waals surface area contributed by atoms with E-state index in [9.17, 15) is 19.2 Å². The van der Waals surface area contributed by atoms with E-state index in [0.717, 1.165) is 0 Å². The summed E-state index contributed by atoms with van der Waals surface area (Å²) >= 11 is 0. The van der Waals surface area contributed by atoms with E-state index in [0.29, 0.717) is 0 Å². The molecule has 0 aromatic rings.